The van der Waals surface area contributed by atoms with E-state index in [-0.39, 0.29) is 24.4 Å². The van der Waals surface area contributed by atoms with Crippen molar-refractivity contribution >= 4 is 29.9 Å². The first kappa shape index (κ1) is 18.8. The van der Waals surface area contributed by atoms with Crippen molar-refractivity contribution in [1.82, 2.24) is 15.1 Å². The highest BCUT2D eigenvalue weighted by molar-refractivity contribution is 6.30. The van der Waals surface area contributed by atoms with Gasteiger partial charge < -0.3 is 11.1 Å². The number of hydrogen-bond donors (Lipinski definition) is 2. The Morgan fingerprint density at radius 2 is 2.00 bits per heavy atom. The van der Waals surface area contributed by atoms with Crippen LogP contribution in [0.4, 0.5) is 0 Å². The monoisotopic (exact) mass is 368 g/mol. The molecule has 0 radical (unpaired) electrons. The smallest absolute Gasteiger partial charge is 0.254 e. The van der Waals surface area contributed by atoms with Gasteiger partial charge in [0.05, 0.1) is 17.4 Å². The summed E-state index contributed by atoms with van der Waals surface area (Å²) < 4.78 is 1.67. The number of aromatic nitrogens is 2. The van der Waals surface area contributed by atoms with Crippen molar-refractivity contribution in [2.24, 2.45) is 11.7 Å². The van der Waals surface area contributed by atoms with Crippen LogP contribution in [-0.4, -0.2) is 28.3 Å². The fourth-order valence-electron chi connectivity index (χ4n) is 3.11. The Morgan fingerprint density at radius 3 is 2.71 bits per heavy atom. The standard InChI is InChI=1S/C17H21ClN4O.ClH/c18-14-5-7-15(8-6-14)22-11-13(10-20-22)17(23)21-16-4-2-1-3-12(16)9-19;/h5-8,10-12,16H,1-4,9,19H2,(H,21,23);1H. The molecule has 3 rings (SSSR count). The lowest BCUT2D eigenvalue weighted by atomic mass is 9.84. The molecule has 1 aromatic heterocycles. The van der Waals surface area contributed by atoms with Crippen molar-refractivity contribution in [3.05, 3.63) is 47.2 Å². The van der Waals surface area contributed by atoms with E-state index in [0.29, 0.717) is 23.0 Å². The third kappa shape index (κ3) is 4.29. The molecule has 0 spiro atoms. The van der Waals surface area contributed by atoms with Gasteiger partial charge >= 0.3 is 0 Å². The number of halogens is 2. The molecule has 1 aliphatic carbocycles. The number of rotatable bonds is 4. The molecule has 7 heteroatoms. The number of nitrogens with zero attached hydrogens (tertiary/aromatic N) is 2. The Hall–Kier alpha value is -1.56. The Morgan fingerprint density at radius 1 is 1.29 bits per heavy atom. The molecule has 1 heterocycles. The molecule has 2 aromatic rings. The minimum atomic E-state index is -0.0874. The van der Waals surface area contributed by atoms with Gasteiger partial charge in [-0.15, -0.1) is 12.4 Å². The zero-order valence-electron chi connectivity index (χ0n) is 13.3. The molecule has 2 atom stereocenters. The van der Waals surface area contributed by atoms with Gasteiger partial charge in [-0.1, -0.05) is 24.4 Å². The van der Waals surface area contributed by atoms with Gasteiger partial charge in [0.2, 0.25) is 0 Å². The van der Waals surface area contributed by atoms with Gasteiger partial charge in [-0.3, -0.25) is 4.79 Å². The summed E-state index contributed by atoms with van der Waals surface area (Å²) in [5, 5.41) is 8.04. The van der Waals surface area contributed by atoms with E-state index in [1.165, 1.54) is 6.42 Å². The van der Waals surface area contributed by atoms with Crippen LogP contribution in [0.1, 0.15) is 36.0 Å². The van der Waals surface area contributed by atoms with Crippen LogP contribution in [0.25, 0.3) is 5.69 Å². The van der Waals surface area contributed by atoms with Crippen molar-refractivity contribution in [2.75, 3.05) is 6.54 Å². The van der Waals surface area contributed by atoms with E-state index in [9.17, 15) is 4.79 Å². The largest absolute Gasteiger partial charge is 0.349 e. The third-order valence-corrected chi connectivity index (χ3v) is 4.72. The van der Waals surface area contributed by atoms with Crippen LogP contribution >= 0.6 is 24.0 Å². The summed E-state index contributed by atoms with van der Waals surface area (Å²) in [7, 11) is 0. The summed E-state index contributed by atoms with van der Waals surface area (Å²) in [6.45, 7) is 0.620. The Balaban J connectivity index is 0.00000208. The van der Waals surface area contributed by atoms with Crippen LogP contribution in [0.2, 0.25) is 5.02 Å². The first-order valence-electron chi connectivity index (χ1n) is 7.99. The van der Waals surface area contributed by atoms with Crippen molar-refractivity contribution < 1.29 is 4.79 Å². The highest BCUT2D eigenvalue weighted by atomic mass is 35.5. The lowest BCUT2D eigenvalue weighted by Gasteiger charge is -2.31. The number of nitrogens with one attached hydrogen (secondary N) is 1. The second-order valence-electron chi connectivity index (χ2n) is 6.01. The molecular formula is C17H22Cl2N4O. The normalized spacial score (nSPS) is 20.2. The van der Waals surface area contributed by atoms with Gasteiger partial charge in [-0.05, 0) is 49.6 Å². The predicted molar refractivity (Wildman–Crippen MR) is 98.1 cm³/mol. The molecule has 2 unspecified atom stereocenters. The van der Waals surface area contributed by atoms with E-state index < -0.39 is 0 Å². The van der Waals surface area contributed by atoms with Gasteiger partial charge in [0.15, 0.2) is 0 Å². The van der Waals surface area contributed by atoms with Gasteiger partial charge in [0.25, 0.3) is 5.91 Å². The molecule has 1 fully saturated rings. The minimum absolute atomic E-state index is 0. The van der Waals surface area contributed by atoms with Crippen LogP contribution in [0.5, 0.6) is 0 Å². The molecular weight excluding hydrogens is 347 g/mol. The summed E-state index contributed by atoms with van der Waals surface area (Å²) in [6, 6.07) is 7.49. The number of amides is 1. The van der Waals surface area contributed by atoms with Crippen LogP contribution in [-0.2, 0) is 0 Å². The highest BCUT2D eigenvalue weighted by Crippen LogP contribution is 2.24. The Kier molecular flexibility index (Phi) is 6.66. The zero-order chi connectivity index (χ0) is 16.2. The second kappa shape index (κ2) is 8.51. The minimum Gasteiger partial charge on any atom is -0.349 e. The lowest BCUT2D eigenvalue weighted by molar-refractivity contribution is 0.0908. The molecule has 1 saturated carbocycles. The Bertz CT molecular complexity index is 671. The molecule has 1 amide bonds. The summed E-state index contributed by atoms with van der Waals surface area (Å²) in [5.41, 5.74) is 7.25. The summed E-state index contributed by atoms with van der Waals surface area (Å²) in [6.07, 6.45) is 7.75. The second-order valence-corrected chi connectivity index (χ2v) is 6.45. The van der Waals surface area contributed by atoms with Crippen molar-refractivity contribution in [3.8, 4) is 5.69 Å². The molecule has 24 heavy (non-hydrogen) atoms. The highest BCUT2D eigenvalue weighted by Gasteiger charge is 2.26. The third-order valence-electron chi connectivity index (χ3n) is 4.46. The van der Waals surface area contributed by atoms with E-state index in [0.717, 1.165) is 24.9 Å². The maximum Gasteiger partial charge on any atom is 0.254 e. The van der Waals surface area contributed by atoms with Crippen molar-refractivity contribution in [3.63, 3.8) is 0 Å². The van der Waals surface area contributed by atoms with E-state index in [4.69, 9.17) is 17.3 Å². The predicted octanol–water partition coefficient (Wildman–Crippen LogP) is 3.19. The van der Waals surface area contributed by atoms with Gasteiger partial charge in [0, 0.05) is 17.3 Å². The van der Waals surface area contributed by atoms with Crippen LogP contribution < -0.4 is 11.1 Å². The molecule has 1 aliphatic rings. The molecule has 0 saturated heterocycles. The van der Waals surface area contributed by atoms with Gasteiger partial charge in [-0.25, -0.2) is 4.68 Å². The number of benzene rings is 1. The average molecular weight is 369 g/mol. The number of carbonyl (C=O) groups excluding carboxylic acids is 1. The number of nitrogens with two attached hydrogens (primary N) is 1. The summed E-state index contributed by atoms with van der Waals surface area (Å²) >= 11 is 5.89. The van der Waals surface area contributed by atoms with E-state index in [1.807, 2.05) is 12.1 Å². The fraction of sp³-hybridized carbons (Fsp3) is 0.412. The van der Waals surface area contributed by atoms with Gasteiger partial charge in [0.1, 0.15) is 0 Å². The van der Waals surface area contributed by atoms with Crippen molar-refractivity contribution in [2.45, 2.75) is 31.7 Å². The van der Waals surface area contributed by atoms with E-state index in [1.54, 1.807) is 29.2 Å². The van der Waals surface area contributed by atoms with Gasteiger partial charge in [-0.2, -0.15) is 5.10 Å². The molecule has 5 nitrogen and oxygen atoms in total. The lowest BCUT2D eigenvalue weighted by Crippen LogP contribution is -2.44. The number of carbonyl (C=O) groups is 1. The number of hydrogen-bond acceptors (Lipinski definition) is 3. The molecule has 0 aliphatic heterocycles. The SMILES string of the molecule is Cl.NCC1CCCCC1NC(=O)c1cnn(-c2ccc(Cl)cc2)c1. The van der Waals surface area contributed by atoms with Crippen molar-refractivity contribution in [1.29, 1.82) is 0 Å². The maximum absolute atomic E-state index is 12.4. The summed E-state index contributed by atoms with van der Waals surface area (Å²) in [5.74, 6) is 0.287. The Labute approximate surface area is 153 Å². The first-order valence-corrected chi connectivity index (χ1v) is 8.36. The van der Waals surface area contributed by atoms with Crippen LogP contribution in [0.3, 0.4) is 0 Å². The van der Waals surface area contributed by atoms with E-state index >= 15 is 0 Å². The van der Waals surface area contributed by atoms with Crippen LogP contribution in [0.15, 0.2) is 36.7 Å². The maximum atomic E-state index is 12.4. The fourth-order valence-corrected chi connectivity index (χ4v) is 3.23. The van der Waals surface area contributed by atoms with Crippen LogP contribution in [0, 0.1) is 5.92 Å². The molecule has 130 valence electrons. The average Bonchev–Trinajstić information content (AvgIpc) is 3.06. The quantitative estimate of drug-likeness (QED) is 0.869. The molecule has 3 N–H and O–H groups in total. The zero-order valence-corrected chi connectivity index (χ0v) is 14.9. The molecule has 0 bridgehead atoms. The van der Waals surface area contributed by atoms with E-state index in [2.05, 4.69) is 10.4 Å². The first-order chi connectivity index (χ1) is 11.2. The molecule has 1 aromatic carbocycles. The topological polar surface area (TPSA) is 72.9 Å². The summed E-state index contributed by atoms with van der Waals surface area (Å²) in [4.78, 5) is 12.4.